The number of ether oxygens (including phenoxy) is 1. The third kappa shape index (κ3) is 3.19. The van der Waals surface area contributed by atoms with Gasteiger partial charge in [-0.2, -0.15) is 0 Å². The second-order valence-corrected chi connectivity index (χ2v) is 9.70. The Bertz CT molecular complexity index is 675. The average molecular weight is 350 g/mol. The van der Waals surface area contributed by atoms with Crippen molar-refractivity contribution in [3.05, 3.63) is 30.3 Å². The fourth-order valence-electron chi connectivity index (χ4n) is 4.06. The number of benzene rings is 1. The standard InChI is InChI=1S/C18H26N2O3S/c21-24(22,17-7-8-17)20-10-4-9-18(14-20)13-19(11-12-23-15-18)16-5-2-1-3-6-16/h1-3,5-6,17H,4,7-15H2. The van der Waals surface area contributed by atoms with Gasteiger partial charge in [0.2, 0.25) is 10.0 Å². The van der Waals surface area contributed by atoms with Crippen molar-refractivity contribution in [2.24, 2.45) is 5.41 Å². The predicted molar refractivity (Wildman–Crippen MR) is 94.7 cm³/mol. The number of anilines is 1. The first kappa shape index (κ1) is 16.4. The number of para-hydroxylation sites is 1. The number of hydrogen-bond donors (Lipinski definition) is 0. The zero-order valence-corrected chi connectivity index (χ0v) is 14.9. The molecule has 3 fully saturated rings. The maximum absolute atomic E-state index is 12.7. The zero-order valence-electron chi connectivity index (χ0n) is 14.1. The molecule has 2 heterocycles. The maximum Gasteiger partial charge on any atom is 0.217 e. The van der Waals surface area contributed by atoms with Crippen molar-refractivity contribution in [3.63, 3.8) is 0 Å². The molecule has 1 aromatic rings. The van der Waals surface area contributed by atoms with Crippen LogP contribution in [0.5, 0.6) is 0 Å². The molecule has 132 valence electrons. The Morgan fingerprint density at radius 3 is 2.62 bits per heavy atom. The molecule has 1 atom stereocenters. The maximum atomic E-state index is 12.7. The number of piperidine rings is 1. The van der Waals surface area contributed by atoms with E-state index >= 15 is 0 Å². The lowest BCUT2D eigenvalue weighted by atomic mass is 9.81. The Balaban J connectivity index is 1.56. The van der Waals surface area contributed by atoms with Crippen LogP contribution in [-0.4, -0.2) is 57.4 Å². The van der Waals surface area contributed by atoms with Crippen LogP contribution in [-0.2, 0) is 14.8 Å². The Labute approximate surface area is 144 Å². The van der Waals surface area contributed by atoms with Gasteiger partial charge in [0.25, 0.3) is 0 Å². The van der Waals surface area contributed by atoms with Crippen LogP contribution in [0.1, 0.15) is 25.7 Å². The van der Waals surface area contributed by atoms with Crippen LogP contribution in [0.25, 0.3) is 0 Å². The van der Waals surface area contributed by atoms with E-state index in [1.807, 2.05) is 6.07 Å². The molecule has 4 rings (SSSR count). The molecule has 1 unspecified atom stereocenters. The summed E-state index contributed by atoms with van der Waals surface area (Å²) < 4.78 is 33.0. The van der Waals surface area contributed by atoms with Gasteiger partial charge in [-0.15, -0.1) is 0 Å². The predicted octanol–water partition coefficient (Wildman–Crippen LogP) is 2.10. The summed E-state index contributed by atoms with van der Waals surface area (Å²) in [4.78, 5) is 2.36. The van der Waals surface area contributed by atoms with Crippen LogP contribution in [0.3, 0.4) is 0 Å². The lowest BCUT2D eigenvalue weighted by molar-refractivity contribution is 0.0350. The van der Waals surface area contributed by atoms with Crippen molar-refractivity contribution in [1.29, 1.82) is 0 Å². The SMILES string of the molecule is O=S(=O)(C1CC1)N1CCCC2(COCCN(c3ccccc3)C2)C1. The second kappa shape index (κ2) is 6.32. The highest BCUT2D eigenvalue weighted by Gasteiger charge is 2.46. The highest BCUT2D eigenvalue weighted by molar-refractivity contribution is 7.90. The van der Waals surface area contributed by atoms with E-state index in [1.165, 1.54) is 5.69 Å². The summed E-state index contributed by atoms with van der Waals surface area (Å²) in [5, 5.41) is -0.121. The van der Waals surface area contributed by atoms with Crippen molar-refractivity contribution < 1.29 is 13.2 Å². The van der Waals surface area contributed by atoms with Crippen molar-refractivity contribution in [2.75, 3.05) is 44.3 Å². The summed E-state index contributed by atoms with van der Waals surface area (Å²) in [5.74, 6) is 0. The number of nitrogens with zero attached hydrogens (tertiary/aromatic N) is 2. The van der Waals surface area contributed by atoms with Crippen molar-refractivity contribution in [2.45, 2.75) is 30.9 Å². The van der Waals surface area contributed by atoms with E-state index in [9.17, 15) is 8.42 Å². The van der Waals surface area contributed by atoms with E-state index in [0.717, 1.165) is 38.8 Å². The van der Waals surface area contributed by atoms with Gasteiger partial charge >= 0.3 is 0 Å². The summed E-state index contributed by atoms with van der Waals surface area (Å²) in [6.07, 6.45) is 3.63. The quantitative estimate of drug-likeness (QED) is 0.838. The molecule has 6 heteroatoms. The van der Waals surface area contributed by atoms with Gasteiger partial charge in [0.15, 0.2) is 0 Å². The molecular weight excluding hydrogens is 324 g/mol. The lowest BCUT2D eigenvalue weighted by Gasteiger charge is -2.43. The van der Waals surface area contributed by atoms with E-state index in [-0.39, 0.29) is 10.7 Å². The topological polar surface area (TPSA) is 49.9 Å². The van der Waals surface area contributed by atoms with Gasteiger partial charge in [0.1, 0.15) is 0 Å². The lowest BCUT2D eigenvalue weighted by Crippen LogP contribution is -2.52. The molecule has 3 aliphatic rings. The van der Waals surface area contributed by atoms with Crippen molar-refractivity contribution in [3.8, 4) is 0 Å². The summed E-state index contributed by atoms with van der Waals surface area (Å²) in [6, 6.07) is 10.4. The van der Waals surface area contributed by atoms with Crippen LogP contribution in [0, 0.1) is 5.41 Å². The van der Waals surface area contributed by atoms with Crippen LogP contribution in [0.15, 0.2) is 30.3 Å². The molecule has 1 saturated carbocycles. The second-order valence-electron chi connectivity index (χ2n) is 7.49. The monoisotopic (exact) mass is 350 g/mol. The van der Waals surface area contributed by atoms with E-state index in [0.29, 0.717) is 26.3 Å². The summed E-state index contributed by atoms with van der Waals surface area (Å²) in [5.41, 5.74) is 1.11. The van der Waals surface area contributed by atoms with Gasteiger partial charge in [-0.3, -0.25) is 0 Å². The van der Waals surface area contributed by atoms with Gasteiger partial charge in [-0.05, 0) is 37.8 Å². The van der Waals surface area contributed by atoms with Gasteiger partial charge in [0, 0.05) is 37.3 Å². The molecule has 2 saturated heterocycles. The Kier molecular flexibility index (Phi) is 4.31. The summed E-state index contributed by atoms with van der Waals surface area (Å²) >= 11 is 0. The molecule has 5 nitrogen and oxygen atoms in total. The number of sulfonamides is 1. The van der Waals surface area contributed by atoms with Gasteiger partial charge in [-0.25, -0.2) is 12.7 Å². The summed E-state index contributed by atoms with van der Waals surface area (Å²) in [6.45, 7) is 4.37. The van der Waals surface area contributed by atoms with Crippen LogP contribution in [0.2, 0.25) is 0 Å². The van der Waals surface area contributed by atoms with Crippen molar-refractivity contribution >= 4 is 15.7 Å². The normalized spacial score (nSPS) is 29.6. The largest absolute Gasteiger partial charge is 0.379 e. The number of rotatable bonds is 3. The molecule has 1 aromatic carbocycles. The van der Waals surface area contributed by atoms with E-state index in [2.05, 4.69) is 29.2 Å². The first-order valence-corrected chi connectivity index (χ1v) is 10.5. The third-order valence-electron chi connectivity index (χ3n) is 5.49. The molecule has 0 aromatic heterocycles. The molecule has 0 radical (unpaired) electrons. The average Bonchev–Trinajstić information content (AvgIpc) is 3.44. The first-order chi connectivity index (χ1) is 11.6. The van der Waals surface area contributed by atoms with Crippen molar-refractivity contribution in [1.82, 2.24) is 4.31 Å². The molecule has 1 aliphatic carbocycles. The highest BCUT2D eigenvalue weighted by atomic mass is 32.2. The molecule has 24 heavy (non-hydrogen) atoms. The van der Waals surface area contributed by atoms with Gasteiger partial charge in [0.05, 0.1) is 18.5 Å². The molecule has 0 N–H and O–H groups in total. The highest BCUT2D eigenvalue weighted by Crippen LogP contribution is 2.39. The minimum absolute atomic E-state index is 0.0907. The minimum Gasteiger partial charge on any atom is -0.379 e. The minimum atomic E-state index is -3.10. The Morgan fingerprint density at radius 2 is 1.88 bits per heavy atom. The fraction of sp³-hybridized carbons (Fsp3) is 0.667. The third-order valence-corrected chi connectivity index (χ3v) is 7.84. The first-order valence-electron chi connectivity index (χ1n) is 8.96. The zero-order chi connectivity index (χ0) is 16.6. The molecule has 2 aliphatic heterocycles. The molecule has 0 bridgehead atoms. The Hall–Kier alpha value is -1.11. The molecular formula is C18H26N2O3S. The van der Waals surface area contributed by atoms with E-state index in [4.69, 9.17) is 4.74 Å². The van der Waals surface area contributed by atoms with Gasteiger partial charge in [-0.1, -0.05) is 18.2 Å². The fourth-order valence-corrected chi connectivity index (χ4v) is 6.05. The van der Waals surface area contributed by atoms with Crippen LogP contribution in [0.4, 0.5) is 5.69 Å². The molecule has 0 amide bonds. The smallest absolute Gasteiger partial charge is 0.217 e. The van der Waals surface area contributed by atoms with Crippen LogP contribution < -0.4 is 4.90 Å². The van der Waals surface area contributed by atoms with E-state index in [1.54, 1.807) is 4.31 Å². The molecule has 1 spiro atoms. The Morgan fingerprint density at radius 1 is 1.08 bits per heavy atom. The summed E-state index contributed by atoms with van der Waals surface area (Å²) in [7, 11) is -3.10. The van der Waals surface area contributed by atoms with Crippen LogP contribution >= 0.6 is 0 Å². The number of hydrogen-bond acceptors (Lipinski definition) is 4. The van der Waals surface area contributed by atoms with Gasteiger partial charge < -0.3 is 9.64 Å². The van der Waals surface area contributed by atoms with E-state index < -0.39 is 10.0 Å².